The van der Waals surface area contributed by atoms with E-state index in [1.807, 2.05) is 6.92 Å². The van der Waals surface area contributed by atoms with Gasteiger partial charge in [-0.15, -0.1) is 0 Å². The lowest BCUT2D eigenvalue weighted by Gasteiger charge is -2.41. The molecule has 9 heteroatoms. The topological polar surface area (TPSA) is 97.6 Å². The van der Waals surface area contributed by atoms with Crippen LogP contribution in [0.1, 0.15) is 13.3 Å². The highest BCUT2D eigenvalue weighted by Gasteiger charge is 2.47. The minimum atomic E-state index is -1.31. The monoisotopic (exact) mass is 392 g/mol. The van der Waals surface area contributed by atoms with Crippen molar-refractivity contribution in [2.45, 2.75) is 44.1 Å². The molecule has 0 amide bonds. The fourth-order valence-corrected chi connectivity index (χ4v) is 2.63. The maximum atomic E-state index is 10.3. The smallest absolute Gasteiger partial charge is 0.358 e. The molecule has 0 aliphatic carbocycles. The molecule has 3 N–H and O–H groups in total. The molecule has 1 aliphatic heterocycles. The van der Waals surface area contributed by atoms with E-state index in [0.29, 0.717) is 23.8 Å². The van der Waals surface area contributed by atoms with Crippen molar-refractivity contribution in [2.24, 2.45) is 0 Å². The van der Waals surface area contributed by atoms with Crippen LogP contribution in [0.25, 0.3) is 0 Å². The first-order valence-corrected chi connectivity index (χ1v) is 8.63. The molecule has 0 aromatic heterocycles. The van der Waals surface area contributed by atoms with Crippen LogP contribution in [0.4, 0.5) is 0 Å². The predicted octanol–water partition coefficient (Wildman–Crippen LogP) is 1.25. The zero-order valence-electron chi connectivity index (χ0n) is 13.6. The summed E-state index contributed by atoms with van der Waals surface area (Å²) in [6.45, 7) is 1.77. The molecule has 0 unspecified atom stereocenters. The standard InChI is InChI=1S/C16H21ClO7S/c1-2-7-21-15-13(20)14(12(19)11(8-18)23-15)24-16(25)22-10-5-3-9(17)4-6-10/h3-6,11-15,18-20H,2,7-8H2,1H3/t11-,12-,13+,14+,15+/m1/s1. The maximum absolute atomic E-state index is 10.3. The Morgan fingerprint density at radius 1 is 1.24 bits per heavy atom. The van der Waals surface area contributed by atoms with Crippen LogP contribution in [0.15, 0.2) is 24.3 Å². The number of benzene rings is 1. The van der Waals surface area contributed by atoms with E-state index in [9.17, 15) is 15.3 Å². The number of rotatable bonds is 6. The largest absolute Gasteiger partial charge is 0.447 e. The van der Waals surface area contributed by atoms with E-state index in [4.69, 9.17) is 42.8 Å². The maximum Gasteiger partial charge on any atom is 0.358 e. The van der Waals surface area contributed by atoms with Crippen LogP contribution in [-0.2, 0) is 14.2 Å². The highest BCUT2D eigenvalue weighted by Crippen LogP contribution is 2.25. The third-order valence-electron chi connectivity index (χ3n) is 3.56. The van der Waals surface area contributed by atoms with E-state index >= 15 is 0 Å². The molecule has 1 aromatic rings. The van der Waals surface area contributed by atoms with E-state index < -0.39 is 37.3 Å². The van der Waals surface area contributed by atoms with E-state index in [2.05, 4.69) is 0 Å². The van der Waals surface area contributed by atoms with Gasteiger partial charge in [0.15, 0.2) is 12.4 Å². The zero-order valence-corrected chi connectivity index (χ0v) is 15.2. The van der Waals surface area contributed by atoms with Gasteiger partial charge in [-0.05, 0) is 30.7 Å². The molecular formula is C16H21ClO7S. The minimum Gasteiger partial charge on any atom is -0.447 e. The Bertz CT molecular complexity index is 556. The molecule has 1 aliphatic rings. The minimum absolute atomic E-state index is 0.293. The summed E-state index contributed by atoms with van der Waals surface area (Å²) in [5.74, 6) is 0.392. The average Bonchev–Trinajstić information content (AvgIpc) is 2.60. The summed E-state index contributed by atoms with van der Waals surface area (Å²) in [4.78, 5) is 0. The fourth-order valence-electron chi connectivity index (χ4n) is 2.30. The van der Waals surface area contributed by atoms with E-state index in [1.165, 1.54) is 0 Å². The number of aliphatic hydroxyl groups is 3. The van der Waals surface area contributed by atoms with Gasteiger partial charge >= 0.3 is 5.24 Å². The van der Waals surface area contributed by atoms with Crippen molar-refractivity contribution in [3.05, 3.63) is 29.3 Å². The molecule has 140 valence electrons. The second-order valence-corrected chi connectivity index (χ2v) is 6.24. The summed E-state index contributed by atoms with van der Waals surface area (Å²) in [5, 5.41) is 30.2. The third-order valence-corrected chi connectivity index (χ3v) is 3.99. The van der Waals surface area contributed by atoms with Crippen LogP contribution < -0.4 is 4.74 Å². The molecule has 0 spiro atoms. The zero-order chi connectivity index (χ0) is 18.4. The average molecular weight is 393 g/mol. The number of halogens is 1. The van der Waals surface area contributed by atoms with Crippen LogP contribution in [0, 0.1) is 0 Å². The number of hydrogen-bond acceptors (Lipinski definition) is 8. The van der Waals surface area contributed by atoms with Gasteiger partial charge in [0.05, 0.1) is 6.61 Å². The van der Waals surface area contributed by atoms with E-state index in [-0.39, 0.29) is 5.24 Å². The molecule has 1 heterocycles. The van der Waals surface area contributed by atoms with Crippen LogP contribution in [0.3, 0.4) is 0 Å². The molecule has 1 saturated heterocycles. The molecule has 5 atom stereocenters. The number of thiocarbonyl (C=S) groups is 1. The third kappa shape index (κ3) is 5.49. The molecule has 0 saturated carbocycles. The van der Waals surface area contributed by atoms with E-state index in [0.717, 1.165) is 0 Å². The summed E-state index contributed by atoms with van der Waals surface area (Å²) in [6.07, 6.45) is -5.11. The highest BCUT2D eigenvalue weighted by atomic mass is 35.5. The normalized spacial score (nSPS) is 29.2. The summed E-state index contributed by atoms with van der Waals surface area (Å²) in [6, 6.07) is 6.43. The van der Waals surface area contributed by atoms with Gasteiger partial charge in [-0.1, -0.05) is 18.5 Å². The SMILES string of the molecule is CCCO[C@H]1O[C@H](CO)[C@@H](O)[C@H](OC(=S)Oc2ccc(Cl)cc2)[C@@H]1O. The van der Waals surface area contributed by atoms with E-state index in [1.54, 1.807) is 24.3 Å². The molecule has 25 heavy (non-hydrogen) atoms. The first kappa shape index (κ1) is 20.3. The van der Waals surface area contributed by atoms with Gasteiger partial charge < -0.3 is 34.3 Å². The lowest BCUT2D eigenvalue weighted by atomic mass is 9.99. The van der Waals surface area contributed by atoms with Gasteiger partial charge in [-0.25, -0.2) is 0 Å². The Morgan fingerprint density at radius 3 is 2.52 bits per heavy atom. The Kier molecular flexibility index (Phi) is 7.82. The Balaban J connectivity index is 2.02. The molecule has 1 fully saturated rings. The van der Waals surface area contributed by atoms with Crippen LogP contribution in [0.5, 0.6) is 5.75 Å². The van der Waals surface area contributed by atoms with Crippen molar-refractivity contribution < 1.29 is 34.3 Å². The summed E-state index contributed by atoms with van der Waals surface area (Å²) >= 11 is 10.8. The Labute approximate surface area is 156 Å². The molecule has 1 aromatic carbocycles. The van der Waals surface area contributed by atoms with Gasteiger partial charge in [0.2, 0.25) is 0 Å². The van der Waals surface area contributed by atoms with Crippen LogP contribution >= 0.6 is 23.8 Å². The number of ether oxygens (including phenoxy) is 4. The lowest BCUT2D eigenvalue weighted by molar-refractivity contribution is -0.299. The second-order valence-electron chi connectivity index (χ2n) is 5.47. The van der Waals surface area contributed by atoms with Crippen molar-refractivity contribution in [2.75, 3.05) is 13.2 Å². The lowest BCUT2D eigenvalue weighted by Crippen LogP contribution is -2.60. The quantitative estimate of drug-likeness (QED) is 0.622. The van der Waals surface area contributed by atoms with Crippen molar-refractivity contribution in [1.82, 2.24) is 0 Å². The van der Waals surface area contributed by atoms with Gasteiger partial charge in [-0.3, -0.25) is 0 Å². The highest BCUT2D eigenvalue weighted by molar-refractivity contribution is 7.79. The van der Waals surface area contributed by atoms with Crippen LogP contribution in [-0.4, -0.2) is 64.5 Å². The van der Waals surface area contributed by atoms with Gasteiger partial charge in [0.1, 0.15) is 24.1 Å². The molecule has 0 bridgehead atoms. The van der Waals surface area contributed by atoms with Crippen molar-refractivity contribution in [3.63, 3.8) is 0 Å². The summed E-state index contributed by atoms with van der Waals surface area (Å²) in [5.41, 5.74) is 0. The first-order chi connectivity index (χ1) is 12.0. The predicted molar refractivity (Wildman–Crippen MR) is 93.6 cm³/mol. The number of aliphatic hydroxyl groups excluding tert-OH is 3. The van der Waals surface area contributed by atoms with Gasteiger partial charge in [0, 0.05) is 23.8 Å². The first-order valence-electron chi connectivity index (χ1n) is 7.84. The second kappa shape index (κ2) is 9.63. The molecule has 0 radical (unpaired) electrons. The van der Waals surface area contributed by atoms with Crippen LogP contribution in [0.2, 0.25) is 5.02 Å². The summed E-state index contributed by atoms with van der Waals surface area (Å²) in [7, 11) is 0. The molecule has 7 nitrogen and oxygen atoms in total. The fraction of sp³-hybridized carbons (Fsp3) is 0.562. The van der Waals surface area contributed by atoms with Crippen molar-refractivity contribution in [1.29, 1.82) is 0 Å². The van der Waals surface area contributed by atoms with Crippen molar-refractivity contribution in [3.8, 4) is 5.75 Å². The Morgan fingerprint density at radius 2 is 1.92 bits per heavy atom. The van der Waals surface area contributed by atoms with Crippen molar-refractivity contribution >= 4 is 29.1 Å². The molecular weight excluding hydrogens is 372 g/mol. The Hall–Kier alpha value is -1.00. The van der Waals surface area contributed by atoms with Gasteiger partial charge in [0.25, 0.3) is 0 Å². The number of hydrogen-bond donors (Lipinski definition) is 3. The van der Waals surface area contributed by atoms with Gasteiger partial charge in [-0.2, -0.15) is 0 Å². The molecule has 2 rings (SSSR count). The summed E-state index contributed by atoms with van der Waals surface area (Å²) < 4.78 is 21.5.